The number of carbonyl (C=O) groups is 3. The van der Waals surface area contributed by atoms with E-state index < -0.39 is 24.3 Å². The normalized spacial score (nSPS) is 13.4. The van der Waals surface area contributed by atoms with Gasteiger partial charge in [-0.05, 0) is 35.7 Å². The van der Waals surface area contributed by atoms with Crippen LogP contribution >= 0.6 is 0 Å². The van der Waals surface area contributed by atoms with Gasteiger partial charge in [-0.15, -0.1) is 0 Å². The number of rotatable bonds is 4. The minimum atomic E-state index is -0.651. The Bertz CT molecular complexity index is 773. The molecule has 0 spiro atoms. The minimum Gasteiger partial charge on any atom is -0.425 e. The molecular formula is C19H17NO4. The standard InChI is InChI=1S/C19H17NO4/c1-12(2)13-7-9-14(10-8-13)24-17(21)11-20-18(22)15-5-3-4-6-16(15)19(20)23/h3-10,12H,11H2,1-2H3. The number of hydrogen-bond donors (Lipinski definition) is 0. The van der Waals surface area contributed by atoms with Gasteiger partial charge >= 0.3 is 5.97 Å². The Balaban J connectivity index is 1.68. The van der Waals surface area contributed by atoms with Crippen LogP contribution in [0.5, 0.6) is 5.75 Å². The zero-order chi connectivity index (χ0) is 17.3. The summed E-state index contributed by atoms with van der Waals surface area (Å²) in [5.74, 6) is -0.818. The van der Waals surface area contributed by atoms with Gasteiger partial charge in [0.1, 0.15) is 12.3 Å². The van der Waals surface area contributed by atoms with Crippen LogP contribution in [-0.2, 0) is 4.79 Å². The predicted molar refractivity (Wildman–Crippen MR) is 88.0 cm³/mol. The third kappa shape index (κ3) is 2.93. The van der Waals surface area contributed by atoms with Gasteiger partial charge in [-0.1, -0.05) is 38.1 Å². The Morgan fingerprint density at radius 1 is 0.958 bits per heavy atom. The van der Waals surface area contributed by atoms with Gasteiger partial charge in [-0.25, -0.2) is 4.79 Å². The van der Waals surface area contributed by atoms with Crippen molar-refractivity contribution in [1.29, 1.82) is 0 Å². The number of carbonyl (C=O) groups excluding carboxylic acids is 3. The van der Waals surface area contributed by atoms with E-state index in [4.69, 9.17) is 4.74 Å². The van der Waals surface area contributed by atoms with Crippen molar-refractivity contribution in [3.05, 3.63) is 65.2 Å². The lowest BCUT2D eigenvalue weighted by Crippen LogP contribution is -2.36. The summed E-state index contributed by atoms with van der Waals surface area (Å²) >= 11 is 0. The van der Waals surface area contributed by atoms with E-state index in [-0.39, 0.29) is 0 Å². The molecule has 24 heavy (non-hydrogen) atoms. The van der Waals surface area contributed by atoms with E-state index in [1.165, 1.54) is 0 Å². The van der Waals surface area contributed by atoms with E-state index in [1.54, 1.807) is 36.4 Å². The molecule has 2 amide bonds. The van der Waals surface area contributed by atoms with Gasteiger partial charge in [0.15, 0.2) is 0 Å². The molecule has 0 aliphatic carbocycles. The summed E-state index contributed by atoms with van der Waals surface area (Å²) < 4.78 is 5.22. The molecule has 0 N–H and O–H groups in total. The van der Waals surface area contributed by atoms with Crippen molar-refractivity contribution in [3.63, 3.8) is 0 Å². The Morgan fingerprint density at radius 2 is 1.50 bits per heavy atom. The van der Waals surface area contributed by atoms with E-state index in [0.29, 0.717) is 22.8 Å². The van der Waals surface area contributed by atoms with Crippen LogP contribution in [0.4, 0.5) is 0 Å². The van der Waals surface area contributed by atoms with E-state index >= 15 is 0 Å². The maximum absolute atomic E-state index is 12.2. The first-order valence-electron chi connectivity index (χ1n) is 7.73. The number of fused-ring (bicyclic) bond motifs is 1. The first kappa shape index (κ1) is 15.9. The molecule has 2 aromatic rings. The van der Waals surface area contributed by atoms with Gasteiger partial charge in [0.2, 0.25) is 0 Å². The fraction of sp³-hybridized carbons (Fsp3) is 0.211. The topological polar surface area (TPSA) is 63.7 Å². The molecule has 1 heterocycles. The lowest BCUT2D eigenvalue weighted by atomic mass is 10.0. The molecule has 0 saturated carbocycles. The van der Waals surface area contributed by atoms with Crippen LogP contribution in [0.1, 0.15) is 46.0 Å². The fourth-order valence-electron chi connectivity index (χ4n) is 2.60. The van der Waals surface area contributed by atoms with Crippen molar-refractivity contribution >= 4 is 17.8 Å². The summed E-state index contributed by atoms with van der Waals surface area (Å²) in [5, 5.41) is 0. The smallest absolute Gasteiger partial charge is 0.331 e. The molecule has 0 bridgehead atoms. The summed E-state index contributed by atoms with van der Waals surface area (Å²) in [6.07, 6.45) is 0. The van der Waals surface area contributed by atoms with Gasteiger partial charge < -0.3 is 4.74 Å². The van der Waals surface area contributed by atoms with Crippen molar-refractivity contribution in [2.75, 3.05) is 6.54 Å². The lowest BCUT2D eigenvalue weighted by Gasteiger charge is -2.13. The first-order chi connectivity index (χ1) is 11.5. The average Bonchev–Trinajstić information content (AvgIpc) is 2.81. The highest BCUT2D eigenvalue weighted by Crippen LogP contribution is 2.23. The van der Waals surface area contributed by atoms with Crippen LogP contribution in [-0.4, -0.2) is 29.2 Å². The number of imide groups is 1. The molecule has 0 atom stereocenters. The highest BCUT2D eigenvalue weighted by atomic mass is 16.5. The molecule has 1 aliphatic heterocycles. The van der Waals surface area contributed by atoms with E-state index in [9.17, 15) is 14.4 Å². The Morgan fingerprint density at radius 3 is 2.00 bits per heavy atom. The Kier molecular flexibility index (Phi) is 4.16. The second-order valence-electron chi connectivity index (χ2n) is 5.94. The van der Waals surface area contributed by atoms with Gasteiger partial charge in [0.05, 0.1) is 11.1 Å². The summed E-state index contributed by atoms with van der Waals surface area (Å²) in [4.78, 5) is 37.4. The summed E-state index contributed by atoms with van der Waals surface area (Å²) in [5.41, 5.74) is 1.77. The first-order valence-corrected chi connectivity index (χ1v) is 7.73. The Labute approximate surface area is 139 Å². The second-order valence-corrected chi connectivity index (χ2v) is 5.94. The number of nitrogens with zero attached hydrogens (tertiary/aromatic N) is 1. The van der Waals surface area contributed by atoms with Crippen molar-refractivity contribution in [2.24, 2.45) is 0 Å². The molecule has 122 valence electrons. The molecule has 0 radical (unpaired) electrons. The van der Waals surface area contributed by atoms with Gasteiger partial charge in [-0.3, -0.25) is 14.5 Å². The van der Waals surface area contributed by atoms with Crippen LogP contribution in [0.2, 0.25) is 0 Å². The molecule has 5 heteroatoms. The maximum Gasteiger partial charge on any atom is 0.331 e. The number of esters is 1. The number of benzene rings is 2. The van der Waals surface area contributed by atoms with Crippen molar-refractivity contribution in [3.8, 4) is 5.75 Å². The zero-order valence-corrected chi connectivity index (χ0v) is 13.5. The van der Waals surface area contributed by atoms with Crippen LogP contribution in [0.15, 0.2) is 48.5 Å². The number of hydrogen-bond acceptors (Lipinski definition) is 4. The van der Waals surface area contributed by atoms with Gasteiger partial charge in [0.25, 0.3) is 11.8 Å². The van der Waals surface area contributed by atoms with Gasteiger partial charge in [-0.2, -0.15) is 0 Å². The number of ether oxygens (including phenoxy) is 1. The van der Waals surface area contributed by atoms with Crippen LogP contribution in [0, 0.1) is 0 Å². The fourth-order valence-corrected chi connectivity index (χ4v) is 2.60. The van der Waals surface area contributed by atoms with E-state index in [0.717, 1.165) is 10.5 Å². The van der Waals surface area contributed by atoms with Crippen LogP contribution in [0.3, 0.4) is 0 Å². The molecule has 3 rings (SSSR count). The monoisotopic (exact) mass is 323 g/mol. The van der Waals surface area contributed by atoms with Crippen LogP contribution < -0.4 is 4.74 Å². The van der Waals surface area contributed by atoms with Crippen molar-refractivity contribution < 1.29 is 19.1 Å². The van der Waals surface area contributed by atoms with Crippen molar-refractivity contribution in [1.82, 2.24) is 4.90 Å². The SMILES string of the molecule is CC(C)c1ccc(OC(=O)CN2C(=O)c3ccccc3C2=O)cc1. The maximum atomic E-state index is 12.2. The largest absolute Gasteiger partial charge is 0.425 e. The third-order valence-corrected chi connectivity index (χ3v) is 3.94. The average molecular weight is 323 g/mol. The molecule has 5 nitrogen and oxygen atoms in total. The molecule has 2 aromatic carbocycles. The summed E-state index contributed by atoms with van der Waals surface area (Å²) in [7, 11) is 0. The minimum absolute atomic E-state index is 0.316. The molecule has 1 aliphatic rings. The highest BCUT2D eigenvalue weighted by Gasteiger charge is 2.36. The molecule has 0 unspecified atom stereocenters. The summed E-state index contributed by atoms with van der Waals surface area (Å²) in [6, 6.07) is 13.7. The third-order valence-electron chi connectivity index (χ3n) is 3.94. The molecule has 0 aromatic heterocycles. The Hall–Kier alpha value is -2.95. The molecular weight excluding hydrogens is 306 g/mol. The zero-order valence-electron chi connectivity index (χ0n) is 13.5. The highest BCUT2D eigenvalue weighted by molar-refractivity contribution is 6.22. The molecule has 0 fully saturated rings. The number of amides is 2. The quantitative estimate of drug-likeness (QED) is 0.493. The molecule has 0 saturated heterocycles. The van der Waals surface area contributed by atoms with E-state index in [1.807, 2.05) is 12.1 Å². The lowest BCUT2D eigenvalue weighted by molar-refractivity contribution is -0.134. The van der Waals surface area contributed by atoms with Gasteiger partial charge in [0, 0.05) is 0 Å². The van der Waals surface area contributed by atoms with Crippen molar-refractivity contribution in [2.45, 2.75) is 19.8 Å². The van der Waals surface area contributed by atoms with Crippen LogP contribution in [0.25, 0.3) is 0 Å². The second kappa shape index (κ2) is 6.28. The predicted octanol–water partition coefficient (Wildman–Crippen LogP) is 3.01. The summed E-state index contributed by atoms with van der Waals surface area (Å²) in [6.45, 7) is 3.74. The van der Waals surface area contributed by atoms with E-state index in [2.05, 4.69) is 13.8 Å².